The average molecular weight is 475 g/mol. The lowest BCUT2D eigenvalue weighted by molar-refractivity contribution is -0.137. The predicted molar refractivity (Wildman–Crippen MR) is 125 cm³/mol. The quantitative estimate of drug-likeness (QED) is 0.474. The van der Waals surface area contributed by atoms with Crippen molar-refractivity contribution in [2.24, 2.45) is 0 Å². The predicted octanol–water partition coefficient (Wildman–Crippen LogP) is 2.82. The number of nitrogens with zero attached hydrogens (tertiary/aromatic N) is 2. The van der Waals surface area contributed by atoms with Gasteiger partial charge in [0, 0.05) is 6.54 Å². The van der Waals surface area contributed by atoms with E-state index in [-0.39, 0.29) is 29.5 Å². The molecule has 0 atom stereocenters. The molecule has 0 fully saturated rings. The Hall–Kier alpha value is -3.40. The average Bonchev–Trinajstić information content (AvgIpc) is 3.09. The number of aromatic nitrogens is 2. The van der Waals surface area contributed by atoms with Crippen LogP contribution in [0.5, 0.6) is 5.75 Å². The number of carboxylic acids is 1. The number of carbonyl (C=O) groups excluding carboxylic acids is 1. The summed E-state index contributed by atoms with van der Waals surface area (Å²) in [4.78, 5) is 50.5. The van der Waals surface area contributed by atoms with Crippen LogP contribution in [0.25, 0.3) is 10.2 Å². The van der Waals surface area contributed by atoms with Crippen LogP contribution >= 0.6 is 11.3 Å². The smallest absolute Gasteiger partial charge is 0.348 e. The van der Waals surface area contributed by atoms with Crippen molar-refractivity contribution in [2.45, 2.75) is 53.3 Å². The molecular weight excluding hydrogens is 448 g/mol. The maximum absolute atomic E-state index is 13.2. The summed E-state index contributed by atoms with van der Waals surface area (Å²) in [6.07, 6.45) is 0.361. The maximum atomic E-state index is 13.2. The van der Waals surface area contributed by atoms with Crippen LogP contribution in [0.1, 0.15) is 41.6 Å². The lowest BCUT2D eigenvalue weighted by Gasteiger charge is -2.15. The van der Waals surface area contributed by atoms with E-state index < -0.39 is 29.7 Å². The highest BCUT2D eigenvalue weighted by Gasteiger charge is 2.24. The molecule has 2 heterocycles. The number of para-hydroxylation sites is 1. The number of hydrogen-bond acceptors (Lipinski definition) is 7. The number of fused-ring (bicyclic) bond motifs is 1. The number of aryl methyl sites for hydroxylation is 3. The molecule has 10 heteroatoms. The maximum Gasteiger partial charge on any atom is 0.348 e. The summed E-state index contributed by atoms with van der Waals surface area (Å²) in [7, 11) is 0. The standard InChI is InChI=1S/C23H26N2O7S/c1-5-31-22(29)19-14(4)18-20(28)25(12-17(26)27)23(30)24(21(18)33-19)11-10-15-8-6-7-9-16(15)32-13(2)3/h6-9,13H,5,10-12H2,1-4H3,(H,26,27). The van der Waals surface area contributed by atoms with E-state index in [0.717, 1.165) is 16.9 Å². The Morgan fingerprint density at radius 2 is 1.85 bits per heavy atom. The Labute approximate surface area is 193 Å². The first-order valence-electron chi connectivity index (χ1n) is 10.6. The number of rotatable bonds is 9. The second-order valence-electron chi connectivity index (χ2n) is 7.70. The summed E-state index contributed by atoms with van der Waals surface area (Å²) < 4.78 is 13.0. The first-order chi connectivity index (χ1) is 15.6. The molecule has 9 nitrogen and oxygen atoms in total. The van der Waals surface area contributed by atoms with E-state index in [9.17, 15) is 24.3 Å². The molecule has 0 saturated carbocycles. The number of benzene rings is 1. The van der Waals surface area contributed by atoms with Gasteiger partial charge in [-0.2, -0.15) is 0 Å². The zero-order valence-corrected chi connectivity index (χ0v) is 19.7. The van der Waals surface area contributed by atoms with Gasteiger partial charge in [0.1, 0.15) is 22.0 Å². The van der Waals surface area contributed by atoms with E-state index in [1.165, 1.54) is 4.57 Å². The fraction of sp³-hybridized carbons (Fsp3) is 0.391. The number of carboxylic acid groups (broad SMARTS) is 1. The van der Waals surface area contributed by atoms with Crippen molar-refractivity contribution < 1.29 is 24.2 Å². The van der Waals surface area contributed by atoms with Gasteiger partial charge in [-0.1, -0.05) is 18.2 Å². The monoisotopic (exact) mass is 474 g/mol. The van der Waals surface area contributed by atoms with Gasteiger partial charge in [0.2, 0.25) is 0 Å². The van der Waals surface area contributed by atoms with Gasteiger partial charge in [-0.05, 0) is 51.3 Å². The third-order valence-electron chi connectivity index (χ3n) is 4.99. The van der Waals surface area contributed by atoms with Crippen LogP contribution in [-0.2, 0) is 29.0 Å². The van der Waals surface area contributed by atoms with Crippen molar-refractivity contribution in [3.05, 3.63) is 61.1 Å². The van der Waals surface area contributed by atoms with Crippen LogP contribution < -0.4 is 16.0 Å². The molecule has 0 bridgehead atoms. The molecule has 1 aromatic carbocycles. The summed E-state index contributed by atoms with van der Waals surface area (Å²) in [6.45, 7) is 6.65. The molecule has 0 saturated heterocycles. The number of thiophene rings is 1. The molecule has 0 aliphatic rings. The highest BCUT2D eigenvalue weighted by Crippen LogP contribution is 2.29. The summed E-state index contributed by atoms with van der Waals surface area (Å²) in [5, 5.41) is 9.39. The van der Waals surface area contributed by atoms with Gasteiger partial charge >= 0.3 is 17.6 Å². The van der Waals surface area contributed by atoms with E-state index in [0.29, 0.717) is 27.1 Å². The molecule has 3 rings (SSSR count). The van der Waals surface area contributed by atoms with E-state index in [1.54, 1.807) is 13.8 Å². The fourth-order valence-corrected chi connectivity index (χ4v) is 4.78. The molecule has 0 spiro atoms. The molecule has 176 valence electrons. The van der Waals surface area contributed by atoms with Gasteiger partial charge in [-0.25, -0.2) is 14.2 Å². The summed E-state index contributed by atoms with van der Waals surface area (Å²) in [6, 6.07) is 7.44. The van der Waals surface area contributed by atoms with Gasteiger partial charge in [0.15, 0.2) is 0 Å². The van der Waals surface area contributed by atoms with Crippen LogP contribution in [0, 0.1) is 6.92 Å². The number of aliphatic carboxylic acids is 1. The minimum atomic E-state index is -1.31. The van der Waals surface area contributed by atoms with Crippen LogP contribution in [0.2, 0.25) is 0 Å². The number of hydrogen-bond donors (Lipinski definition) is 1. The third-order valence-corrected chi connectivity index (χ3v) is 6.28. The summed E-state index contributed by atoms with van der Waals surface area (Å²) in [5.74, 6) is -1.21. The Balaban J connectivity index is 2.17. The van der Waals surface area contributed by atoms with Crippen LogP contribution in [-0.4, -0.2) is 38.9 Å². The molecule has 0 amide bonds. The lowest BCUT2D eigenvalue weighted by Crippen LogP contribution is -2.41. The Morgan fingerprint density at radius 1 is 1.15 bits per heavy atom. The third kappa shape index (κ3) is 5.00. The molecule has 3 aromatic rings. The number of esters is 1. The number of carbonyl (C=O) groups is 2. The Bertz CT molecular complexity index is 1320. The largest absolute Gasteiger partial charge is 0.491 e. The fourth-order valence-electron chi connectivity index (χ4n) is 3.57. The van der Waals surface area contributed by atoms with Crippen molar-refractivity contribution >= 4 is 33.5 Å². The minimum Gasteiger partial charge on any atom is -0.491 e. The highest BCUT2D eigenvalue weighted by atomic mass is 32.1. The van der Waals surface area contributed by atoms with Crippen molar-refractivity contribution in [3.8, 4) is 5.75 Å². The van der Waals surface area contributed by atoms with E-state index in [1.807, 2.05) is 38.1 Å². The van der Waals surface area contributed by atoms with Crippen molar-refractivity contribution in [3.63, 3.8) is 0 Å². The van der Waals surface area contributed by atoms with Gasteiger partial charge in [-0.15, -0.1) is 11.3 Å². The topological polar surface area (TPSA) is 117 Å². The van der Waals surface area contributed by atoms with Gasteiger partial charge < -0.3 is 14.6 Å². The van der Waals surface area contributed by atoms with E-state index in [4.69, 9.17) is 9.47 Å². The molecular formula is C23H26N2O7S. The number of ether oxygens (including phenoxy) is 2. The summed E-state index contributed by atoms with van der Waals surface area (Å²) in [5.41, 5.74) is -0.244. The molecule has 33 heavy (non-hydrogen) atoms. The van der Waals surface area contributed by atoms with Crippen molar-refractivity contribution in [2.75, 3.05) is 6.61 Å². The Kier molecular flexibility index (Phi) is 7.37. The second-order valence-corrected chi connectivity index (χ2v) is 8.70. The SMILES string of the molecule is CCOC(=O)c1sc2c(c1C)c(=O)n(CC(=O)O)c(=O)n2CCc1ccccc1OC(C)C. The highest BCUT2D eigenvalue weighted by molar-refractivity contribution is 7.20. The zero-order valence-electron chi connectivity index (χ0n) is 18.9. The van der Waals surface area contributed by atoms with Crippen molar-refractivity contribution in [1.82, 2.24) is 9.13 Å². The van der Waals surface area contributed by atoms with Gasteiger partial charge in [0.05, 0.1) is 18.1 Å². The minimum absolute atomic E-state index is 0.0369. The Morgan fingerprint density at radius 3 is 2.48 bits per heavy atom. The lowest BCUT2D eigenvalue weighted by atomic mass is 10.1. The van der Waals surface area contributed by atoms with Crippen LogP contribution in [0.4, 0.5) is 0 Å². The molecule has 1 N–H and O–H groups in total. The molecule has 0 unspecified atom stereocenters. The first-order valence-corrected chi connectivity index (χ1v) is 11.4. The summed E-state index contributed by atoms with van der Waals surface area (Å²) >= 11 is 1.00. The molecule has 0 radical (unpaired) electrons. The molecule has 2 aromatic heterocycles. The molecule has 0 aliphatic heterocycles. The first kappa shape index (κ1) is 24.2. The van der Waals surface area contributed by atoms with Crippen LogP contribution in [0.3, 0.4) is 0 Å². The van der Waals surface area contributed by atoms with Gasteiger partial charge in [-0.3, -0.25) is 14.2 Å². The zero-order chi connectivity index (χ0) is 24.3. The van der Waals surface area contributed by atoms with Crippen LogP contribution in [0.15, 0.2) is 33.9 Å². The normalized spacial score (nSPS) is 11.2. The van der Waals surface area contributed by atoms with E-state index in [2.05, 4.69) is 0 Å². The van der Waals surface area contributed by atoms with Crippen molar-refractivity contribution in [1.29, 1.82) is 0 Å². The second kappa shape index (κ2) is 10.0. The molecule has 0 aliphatic carbocycles. The van der Waals surface area contributed by atoms with E-state index >= 15 is 0 Å². The van der Waals surface area contributed by atoms with Gasteiger partial charge in [0.25, 0.3) is 5.56 Å².